The minimum Gasteiger partial charge on any atom is -0.356 e. The molecule has 0 aliphatic rings. The van der Waals surface area contributed by atoms with E-state index in [1.54, 1.807) is 0 Å². The van der Waals surface area contributed by atoms with Crippen LogP contribution in [0, 0.1) is 6.92 Å². The highest BCUT2D eigenvalue weighted by atomic mass is 16.1. The number of hydrogen-bond donors (Lipinski definition) is 0. The Morgan fingerprint density at radius 1 is 1.21 bits per heavy atom. The molecule has 0 N–H and O–H groups in total. The van der Waals surface area contributed by atoms with Crippen LogP contribution in [0.5, 0.6) is 0 Å². The van der Waals surface area contributed by atoms with Crippen molar-refractivity contribution in [1.82, 2.24) is 9.78 Å². The maximum absolute atomic E-state index is 11.3. The Balaban J connectivity index is 2.64. The number of aromatic nitrogens is 2. The van der Waals surface area contributed by atoms with E-state index < -0.39 is 0 Å². The third-order valence-electron chi connectivity index (χ3n) is 3.26. The minimum atomic E-state index is 0.674. The van der Waals surface area contributed by atoms with Crippen LogP contribution in [0.4, 0.5) is 5.82 Å². The molecule has 19 heavy (non-hydrogen) atoms. The molecule has 1 heterocycles. The molecule has 1 aromatic heterocycles. The lowest BCUT2D eigenvalue weighted by Gasteiger charge is -2.22. The highest BCUT2D eigenvalue weighted by molar-refractivity contribution is 5.85. The summed E-state index contributed by atoms with van der Waals surface area (Å²) in [6.45, 7) is 7.71. The third kappa shape index (κ3) is 2.38. The molecular formula is C15H19N3O. The molecule has 100 valence electrons. The van der Waals surface area contributed by atoms with Crippen molar-refractivity contribution in [1.29, 1.82) is 0 Å². The number of aldehydes is 1. The van der Waals surface area contributed by atoms with Gasteiger partial charge < -0.3 is 4.90 Å². The number of rotatable bonds is 5. The van der Waals surface area contributed by atoms with Gasteiger partial charge in [0.1, 0.15) is 5.82 Å². The van der Waals surface area contributed by atoms with Gasteiger partial charge in [0, 0.05) is 13.1 Å². The SMILES string of the molecule is CCN(CC)c1c(C=O)c(C)nn1-c1ccccc1. The van der Waals surface area contributed by atoms with Crippen LogP contribution in [-0.2, 0) is 0 Å². The average Bonchev–Trinajstić information content (AvgIpc) is 2.78. The van der Waals surface area contributed by atoms with Gasteiger partial charge in [0.25, 0.3) is 0 Å². The van der Waals surface area contributed by atoms with Gasteiger partial charge in [-0.15, -0.1) is 0 Å². The summed E-state index contributed by atoms with van der Waals surface area (Å²) in [7, 11) is 0. The molecule has 0 saturated heterocycles. The van der Waals surface area contributed by atoms with Crippen LogP contribution in [0.25, 0.3) is 5.69 Å². The van der Waals surface area contributed by atoms with Crippen LogP contribution in [0.1, 0.15) is 29.9 Å². The first-order chi connectivity index (χ1) is 9.22. The van der Waals surface area contributed by atoms with Crippen molar-refractivity contribution in [2.45, 2.75) is 20.8 Å². The Bertz CT molecular complexity index is 556. The topological polar surface area (TPSA) is 38.1 Å². The molecule has 4 nitrogen and oxygen atoms in total. The number of nitrogens with zero attached hydrogens (tertiary/aromatic N) is 3. The lowest BCUT2D eigenvalue weighted by Crippen LogP contribution is -2.25. The molecule has 0 atom stereocenters. The zero-order chi connectivity index (χ0) is 13.8. The predicted molar refractivity (Wildman–Crippen MR) is 77.2 cm³/mol. The summed E-state index contributed by atoms with van der Waals surface area (Å²) >= 11 is 0. The van der Waals surface area contributed by atoms with Crippen molar-refractivity contribution in [3.05, 3.63) is 41.6 Å². The maximum atomic E-state index is 11.3. The highest BCUT2D eigenvalue weighted by Crippen LogP contribution is 2.25. The Hall–Kier alpha value is -2.10. The fourth-order valence-electron chi connectivity index (χ4n) is 2.24. The Morgan fingerprint density at radius 3 is 2.37 bits per heavy atom. The molecule has 4 heteroatoms. The first-order valence-electron chi connectivity index (χ1n) is 6.58. The van der Waals surface area contributed by atoms with E-state index >= 15 is 0 Å². The minimum absolute atomic E-state index is 0.674. The summed E-state index contributed by atoms with van der Waals surface area (Å²) in [4.78, 5) is 13.5. The number of aryl methyl sites for hydroxylation is 1. The second-order valence-electron chi connectivity index (χ2n) is 4.36. The lowest BCUT2D eigenvalue weighted by atomic mass is 10.2. The standard InChI is InChI=1S/C15H19N3O/c1-4-17(5-2)15-14(11-19)12(3)16-18(15)13-9-7-6-8-10-13/h6-11H,4-5H2,1-3H3. The lowest BCUT2D eigenvalue weighted by molar-refractivity contribution is 0.112. The van der Waals surface area contributed by atoms with Gasteiger partial charge in [-0.25, -0.2) is 4.68 Å². The van der Waals surface area contributed by atoms with Gasteiger partial charge >= 0.3 is 0 Å². The van der Waals surface area contributed by atoms with E-state index in [1.165, 1.54) is 0 Å². The molecule has 0 bridgehead atoms. The largest absolute Gasteiger partial charge is 0.356 e. The zero-order valence-electron chi connectivity index (χ0n) is 11.6. The summed E-state index contributed by atoms with van der Waals surface area (Å²) in [6, 6.07) is 9.90. The van der Waals surface area contributed by atoms with Crippen LogP contribution in [0.3, 0.4) is 0 Å². The van der Waals surface area contributed by atoms with Crippen LogP contribution >= 0.6 is 0 Å². The smallest absolute Gasteiger partial charge is 0.155 e. The van der Waals surface area contributed by atoms with Crippen molar-refractivity contribution in [2.75, 3.05) is 18.0 Å². The van der Waals surface area contributed by atoms with Crippen LogP contribution < -0.4 is 4.90 Å². The number of hydrogen-bond acceptors (Lipinski definition) is 3. The summed E-state index contributed by atoms with van der Waals surface area (Å²) in [5.41, 5.74) is 2.41. The molecule has 0 unspecified atom stereocenters. The van der Waals surface area contributed by atoms with Gasteiger partial charge in [-0.2, -0.15) is 5.10 Å². The third-order valence-corrected chi connectivity index (χ3v) is 3.26. The van der Waals surface area contributed by atoms with Gasteiger partial charge in [-0.05, 0) is 32.9 Å². The number of para-hydroxylation sites is 1. The summed E-state index contributed by atoms with van der Waals surface area (Å²) in [6.07, 6.45) is 0.898. The maximum Gasteiger partial charge on any atom is 0.155 e. The van der Waals surface area contributed by atoms with Crippen LogP contribution in [-0.4, -0.2) is 29.2 Å². The molecule has 2 rings (SSSR count). The first kappa shape index (κ1) is 13.3. The van der Waals surface area contributed by atoms with Gasteiger partial charge in [0.2, 0.25) is 0 Å². The van der Waals surface area contributed by atoms with Crippen molar-refractivity contribution in [2.24, 2.45) is 0 Å². The fraction of sp³-hybridized carbons (Fsp3) is 0.333. The summed E-state index contributed by atoms with van der Waals surface area (Å²) < 4.78 is 1.85. The average molecular weight is 257 g/mol. The van der Waals surface area contributed by atoms with E-state index in [1.807, 2.05) is 41.9 Å². The normalized spacial score (nSPS) is 10.5. The molecule has 1 aromatic carbocycles. The van der Waals surface area contributed by atoms with Crippen LogP contribution in [0.2, 0.25) is 0 Å². The first-order valence-corrected chi connectivity index (χ1v) is 6.58. The quantitative estimate of drug-likeness (QED) is 0.773. The van der Waals surface area contributed by atoms with Crippen molar-refractivity contribution < 1.29 is 4.79 Å². The van der Waals surface area contributed by atoms with Crippen molar-refractivity contribution in [3.8, 4) is 5.69 Å². The Kier molecular flexibility index (Phi) is 4.00. The van der Waals surface area contributed by atoms with Crippen molar-refractivity contribution >= 4 is 12.1 Å². The van der Waals surface area contributed by atoms with E-state index in [0.717, 1.165) is 36.6 Å². The molecule has 0 spiro atoms. The second-order valence-corrected chi connectivity index (χ2v) is 4.36. The molecule has 0 fully saturated rings. The Labute approximate surface area is 113 Å². The highest BCUT2D eigenvalue weighted by Gasteiger charge is 2.19. The van der Waals surface area contributed by atoms with Gasteiger partial charge in [-0.3, -0.25) is 4.79 Å². The van der Waals surface area contributed by atoms with Crippen molar-refractivity contribution in [3.63, 3.8) is 0 Å². The molecule has 0 saturated carbocycles. The van der Waals surface area contributed by atoms with Gasteiger partial charge in [0.05, 0.1) is 16.9 Å². The fourth-order valence-corrected chi connectivity index (χ4v) is 2.24. The molecule has 2 aromatic rings. The number of carbonyl (C=O) groups is 1. The summed E-state index contributed by atoms with van der Waals surface area (Å²) in [5.74, 6) is 0.878. The molecule has 0 radical (unpaired) electrons. The summed E-state index contributed by atoms with van der Waals surface area (Å²) in [5, 5.41) is 4.51. The zero-order valence-corrected chi connectivity index (χ0v) is 11.6. The molecule has 0 amide bonds. The number of benzene rings is 1. The van der Waals surface area contributed by atoms with E-state index in [0.29, 0.717) is 5.56 Å². The van der Waals surface area contributed by atoms with Gasteiger partial charge in [0.15, 0.2) is 6.29 Å². The van der Waals surface area contributed by atoms with E-state index in [2.05, 4.69) is 23.8 Å². The molecule has 0 aliphatic heterocycles. The number of anilines is 1. The van der Waals surface area contributed by atoms with Crippen LogP contribution in [0.15, 0.2) is 30.3 Å². The molecular weight excluding hydrogens is 238 g/mol. The second kappa shape index (κ2) is 5.69. The van der Waals surface area contributed by atoms with E-state index in [4.69, 9.17) is 0 Å². The van der Waals surface area contributed by atoms with E-state index in [-0.39, 0.29) is 0 Å². The van der Waals surface area contributed by atoms with E-state index in [9.17, 15) is 4.79 Å². The molecule has 0 aliphatic carbocycles. The van der Waals surface area contributed by atoms with Gasteiger partial charge in [-0.1, -0.05) is 18.2 Å². The predicted octanol–water partition coefficient (Wildman–Crippen LogP) is 2.84. The number of carbonyl (C=O) groups excluding carboxylic acids is 1. The monoisotopic (exact) mass is 257 g/mol. The Morgan fingerprint density at radius 2 is 1.84 bits per heavy atom.